The lowest BCUT2D eigenvalue weighted by atomic mass is 9.80. The average molecular weight is 273 g/mol. The van der Waals surface area contributed by atoms with Gasteiger partial charge in [-0.2, -0.15) is 5.10 Å². The number of benzene rings is 1. The normalized spacial score (nSPS) is 22.9. The summed E-state index contributed by atoms with van der Waals surface area (Å²) in [5, 5.41) is 7.39. The molecule has 1 N–H and O–H groups in total. The zero-order valence-electron chi connectivity index (χ0n) is 12.0. The molecule has 1 aliphatic rings. The second-order valence-electron chi connectivity index (χ2n) is 5.88. The first kappa shape index (κ1) is 13.3. The fourth-order valence-electron chi connectivity index (χ4n) is 3.08. The zero-order chi connectivity index (χ0) is 14.1. The van der Waals surface area contributed by atoms with Gasteiger partial charge in [0.25, 0.3) is 0 Å². The molecule has 106 valence electrons. The van der Waals surface area contributed by atoms with E-state index in [9.17, 15) is 4.39 Å². The molecule has 1 aromatic carbocycles. The van der Waals surface area contributed by atoms with Gasteiger partial charge in [-0.15, -0.1) is 0 Å². The first-order valence-corrected chi connectivity index (χ1v) is 7.34. The summed E-state index contributed by atoms with van der Waals surface area (Å²) < 4.78 is 13.3. The van der Waals surface area contributed by atoms with Gasteiger partial charge in [0, 0.05) is 11.5 Å². The van der Waals surface area contributed by atoms with E-state index in [1.807, 2.05) is 0 Å². The lowest BCUT2D eigenvalue weighted by molar-refractivity contribution is 0.320. The number of nitrogens with zero attached hydrogens (tertiary/aromatic N) is 2. The molecule has 2 aromatic rings. The van der Waals surface area contributed by atoms with Gasteiger partial charge in [-0.3, -0.25) is 5.10 Å². The second-order valence-corrected chi connectivity index (χ2v) is 5.88. The van der Waals surface area contributed by atoms with Crippen molar-refractivity contribution >= 4 is 0 Å². The Morgan fingerprint density at radius 2 is 2.05 bits per heavy atom. The minimum absolute atomic E-state index is 0.189. The Balaban J connectivity index is 1.87. The molecule has 1 aliphatic carbocycles. The van der Waals surface area contributed by atoms with E-state index in [0.29, 0.717) is 23.2 Å². The molecule has 20 heavy (non-hydrogen) atoms. The lowest BCUT2D eigenvalue weighted by Crippen LogP contribution is -2.16. The molecule has 0 aliphatic heterocycles. The van der Waals surface area contributed by atoms with Crippen LogP contribution in [0.3, 0.4) is 0 Å². The Hall–Kier alpha value is -1.71. The first-order chi connectivity index (χ1) is 9.65. The summed E-state index contributed by atoms with van der Waals surface area (Å²) in [7, 11) is 0. The van der Waals surface area contributed by atoms with Crippen molar-refractivity contribution in [2.24, 2.45) is 5.92 Å². The van der Waals surface area contributed by atoms with E-state index in [1.54, 1.807) is 19.1 Å². The first-order valence-electron chi connectivity index (χ1n) is 7.34. The molecule has 0 amide bonds. The standard InChI is InChI=1S/C16H20FN3/c1-10-5-3-4-6-13(10)16-18-15(19-20-16)12-7-8-14(17)11(2)9-12/h7-10,13H,3-6H2,1-2H3,(H,18,19,20)/t10-,13+/m1/s1. The highest BCUT2D eigenvalue weighted by Crippen LogP contribution is 2.36. The number of hydrogen-bond acceptors (Lipinski definition) is 2. The molecule has 1 saturated carbocycles. The molecule has 0 saturated heterocycles. The average Bonchev–Trinajstić information content (AvgIpc) is 2.92. The Kier molecular flexibility index (Phi) is 3.55. The molecule has 2 atom stereocenters. The number of nitrogens with one attached hydrogen (secondary N) is 1. The SMILES string of the molecule is Cc1cc(-c2n[nH]c([C@H]3CCCC[C@H]3C)n2)ccc1F. The summed E-state index contributed by atoms with van der Waals surface area (Å²) in [6, 6.07) is 5.01. The summed E-state index contributed by atoms with van der Waals surface area (Å²) in [6.45, 7) is 4.05. The minimum Gasteiger partial charge on any atom is -0.262 e. The van der Waals surface area contributed by atoms with Crippen molar-refractivity contribution in [2.75, 3.05) is 0 Å². The van der Waals surface area contributed by atoms with Gasteiger partial charge >= 0.3 is 0 Å². The maximum atomic E-state index is 13.3. The number of hydrogen-bond donors (Lipinski definition) is 1. The van der Waals surface area contributed by atoms with E-state index in [2.05, 4.69) is 22.1 Å². The van der Waals surface area contributed by atoms with E-state index in [4.69, 9.17) is 0 Å². The Labute approximate surface area is 118 Å². The van der Waals surface area contributed by atoms with Crippen LogP contribution in [-0.4, -0.2) is 15.2 Å². The maximum absolute atomic E-state index is 13.3. The number of rotatable bonds is 2. The smallest absolute Gasteiger partial charge is 0.181 e. The van der Waals surface area contributed by atoms with Crippen LogP contribution in [0.5, 0.6) is 0 Å². The fraction of sp³-hybridized carbons (Fsp3) is 0.500. The van der Waals surface area contributed by atoms with Gasteiger partial charge < -0.3 is 0 Å². The van der Waals surface area contributed by atoms with Crippen molar-refractivity contribution in [2.45, 2.75) is 45.4 Å². The fourth-order valence-corrected chi connectivity index (χ4v) is 3.08. The lowest BCUT2D eigenvalue weighted by Gasteiger charge is -2.26. The minimum atomic E-state index is -0.189. The Morgan fingerprint density at radius 1 is 1.25 bits per heavy atom. The van der Waals surface area contributed by atoms with Crippen molar-refractivity contribution in [1.82, 2.24) is 15.2 Å². The highest BCUT2D eigenvalue weighted by atomic mass is 19.1. The van der Waals surface area contributed by atoms with Crippen LogP contribution >= 0.6 is 0 Å². The van der Waals surface area contributed by atoms with Crippen molar-refractivity contribution in [3.8, 4) is 11.4 Å². The van der Waals surface area contributed by atoms with Gasteiger partial charge in [0.2, 0.25) is 0 Å². The van der Waals surface area contributed by atoms with E-state index >= 15 is 0 Å². The van der Waals surface area contributed by atoms with Crippen LogP contribution in [0.2, 0.25) is 0 Å². The van der Waals surface area contributed by atoms with Crippen molar-refractivity contribution in [3.63, 3.8) is 0 Å². The van der Waals surface area contributed by atoms with Crippen LogP contribution < -0.4 is 0 Å². The molecule has 0 unspecified atom stereocenters. The number of H-pyrrole nitrogens is 1. The number of aromatic amines is 1. The third-order valence-electron chi connectivity index (χ3n) is 4.38. The van der Waals surface area contributed by atoms with E-state index in [1.165, 1.54) is 31.7 Å². The van der Waals surface area contributed by atoms with Gasteiger partial charge in [0.1, 0.15) is 11.6 Å². The largest absolute Gasteiger partial charge is 0.262 e. The van der Waals surface area contributed by atoms with Crippen molar-refractivity contribution < 1.29 is 4.39 Å². The van der Waals surface area contributed by atoms with Crippen molar-refractivity contribution in [3.05, 3.63) is 35.4 Å². The van der Waals surface area contributed by atoms with Crippen LogP contribution in [0.1, 0.15) is 49.9 Å². The molecule has 0 spiro atoms. The highest BCUT2D eigenvalue weighted by molar-refractivity contribution is 5.55. The van der Waals surface area contributed by atoms with E-state index < -0.39 is 0 Å². The molecule has 3 rings (SSSR count). The van der Waals surface area contributed by atoms with Crippen LogP contribution in [0.4, 0.5) is 4.39 Å². The monoisotopic (exact) mass is 273 g/mol. The van der Waals surface area contributed by atoms with Crippen LogP contribution in [0, 0.1) is 18.7 Å². The summed E-state index contributed by atoms with van der Waals surface area (Å²) in [4.78, 5) is 4.64. The van der Waals surface area contributed by atoms with E-state index in [0.717, 1.165) is 11.4 Å². The van der Waals surface area contributed by atoms with Gasteiger partial charge in [-0.1, -0.05) is 26.2 Å². The predicted octanol–water partition coefficient (Wildman–Crippen LogP) is 4.21. The molecule has 1 aromatic heterocycles. The highest BCUT2D eigenvalue weighted by Gasteiger charge is 2.25. The summed E-state index contributed by atoms with van der Waals surface area (Å²) >= 11 is 0. The number of halogens is 1. The summed E-state index contributed by atoms with van der Waals surface area (Å²) in [6.07, 6.45) is 5.02. The summed E-state index contributed by atoms with van der Waals surface area (Å²) in [5.41, 5.74) is 1.50. The van der Waals surface area contributed by atoms with Gasteiger partial charge in [0.15, 0.2) is 5.82 Å². The number of aryl methyl sites for hydroxylation is 1. The number of aromatic nitrogens is 3. The molecule has 1 heterocycles. The molecular formula is C16H20FN3. The predicted molar refractivity (Wildman–Crippen MR) is 76.9 cm³/mol. The van der Waals surface area contributed by atoms with E-state index in [-0.39, 0.29) is 5.82 Å². The molecule has 3 nitrogen and oxygen atoms in total. The topological polar surface area (TPSA) is 41.6 Å². The second kappa shape index (κ2) is 5.35. The molecule has 0 bridgehead atoms. The maximum Gasteiger partial charge on any atom is 0.181 e. The summed E-state index contributed by atoms with van der Waals surface area (Å²) in [5.74, 6) is 2.59. The molecule has 4 heteroatoms. The quantitative estimate of drug-likeness (QED) is 0.890. The zero-order valence-corrected chi connectivity index (χ0v) is 12.0. The van der Waals surface area contributed by atoms with Crippen molar-refractivity contribution in [1.29, 1.82) is 0 Å². The Morgan fingerprint density at radius 3 is 2.80 bits per heavy atom. The molecule has 0 radical (unpaired) electrons. The molecular weight excluding hydrogens is 253 g/mol. The third-order valence-corrected chi connectivity index (χ3v) is 4.38. The van der Waals surface area contributed by atoms with Crippen LogP contribution in [0.15, 0.2) is 18.2 Å². The third kappa shape index (κ3) is 2.47. The van der Waals surface area contributed by atoms with Gasteiger partial charge in [-0.05, 0) is 43.0 Å². The van der Waals surface area contributed by atoms with Gasteiger partial charge in [-0.25, -0.2) is 9.37 Å². The van der Waals surface area contributed by atoms with Crippen LogP contribution in [-0.2, 0) is 0 Å². The van der Waals surface area contributed by atoms with Crippen LogP contribution in [0.25, 0.3) is 11.4 Å². The Bertz CT molecular complexity index is 606. The van der Waals surface area contributed by atoms with Gasteiger partial charge in [0.05, 0.1) is 0 Å². The molecule has 1 fully saturated rings.